The summed E-state index contributed by atoms with van der Waals surface area (Å²) in [5.41, 5.74) is 2.57. The molecule has 0 aliphatic carbocycles. The topological polar surface area (TPSA) is 46.2 Å². The zero-order chi connectivity index (χ0) is 26.2. The number of hydrogen-bond donors (Lipinski definition) is 1. The van der Waals surface area contributed by atoms with Gasteiger partial charge in [0, 0.05) is 16.5 Å². The molecule has 0 saturated carbocycles. The Morgan fingerprint density at radius 1 is 0.605 bits per heavy atom. The Bertz CT molecular complexity index is 1650. The van der Waals surface area contributed by atoms with Crippen LogP contribution in [0.5, 0.6) is 0 Å². The van der Waals surface area contributed by atoms with Crippen molar-refractivity contribution in [2.45, 2.75) is 84.0 Å². The van der Waals surface area contributed by atoms with Gasteiger partial charge in [0.25, 0.3) is 11.8 Å². The maximum absolute atomic E-state index is 13.3. The van der Waals surface area contributed by atoms with E-state index in [1.54, 1.807) is 0 Å². The first kappa shape index (κ1) is 24.9. The van der Waals surface area contributed by atoms with Crippen LogP contribution in [0.2, 0.25) is 0 Å². The molecule has 38 heavy (non-hydrogen) atoms. The van der Waals surface area contributed by atoms with Gasteiger partial charge in [-0.3, -0.25) is 14.9 Å². The molecule has 0 spiro atoms. The van der Waals surface area contributed by atoms with E-state index in [0.29, 0.717) is 17.0 Å². The van der Waals surface area contributed by atoms with Crippen LogP contribution >= 0.6 is 0 Å². The fourth-order valence-electron chi connectivity index (χ4n) is 6.89. The largest absolute Gasteiger partial charge is 0.288 e. The lowest BCUT2D eigenvalue weighted by atomic mass is 9.78. The molecule has 1 aliphatic rings. The summed E-state index contributed by atoms with van der Waals surface area (Å²) in [6.07, 6.45) is 12.2. The number of carbonyl (C=O) groups excluding carboxylic acids is 2. The number of imide groups is 1. The van der Waals surface area contributed by atoms with Crippen LogP contribution in [0.1, 0.15) is 110 Å². The number of amides is 2. The molecule has 0 fully saturated rings. The molecular formula is C35H37NO2. The molecule has 5 aromatic carbocycles. The van der Waals surface area contributed by atoms with E-state index in [1.165, 1.54) is 83.9 Å². The monoisotopic (exact) mass is 503 g/mol. The summed E-state index contributed by atoms with van der Waals surface area (Å²) in [5.74, 6) is -0.164. The Balaban J connectivity index is 1.67. The smallest absolute Gasteiger partial charge is 0.258 e. The van der Waals surface area contributed by atoms with E-state index >= 15 is 0 Å². The number of hydrogen-bond acceptors (Lipinski definition) is 2. The third kappa shape index (κ3) is 4.04. The second kappa shape index (κ2) is 10.4. The standard InChI is InChI=1S/C35H37NO2/c1-3-5-7-9-13-22(14-10-8-6-4-2)28-21-29-32-27(34(37)36-35(29)38)20-19-25-24-17-11-15-23-16-12-18-26(30(23)24)31(28)33(25)32/h11-12,15-22H,3-10,13-14H2,1-2H3,(H,36,37,38). The van der Waals surface area contributed by atoms with Crippen LogP contribution in [0.25, 0.3) is 43.1 Å². The fourth-order valence-corrected chi connectivity index (χ4v) is 6.89. The summed E-state index contributed by atoms with van der Waals surface area (Å²) >= 11 is 0. The van der Waals surface area contributed by atoms with Crippen LogP contribution in [0, 0.1) is 0 Å². The van der Waals surface area contributed by atoms with E-state index in [2.05, 4.69) is 67.7 Å². The highest BCUT2D eigenvalue weighted by molar-refractivity contribution is 6.38. The van der Waals surface area contributed by atoms with E-state index < -0.39 is 0 Å². The summed E-state index contributed by atoms with van der Waals surface area (Å²) < 4.78 is 0. The second-order valence-corrected chi connectivity index (χ2v) is 11.2. The lowest BCUT2D eigenvalue weighted by molar-refractivity contribution is 0.0845. The molecule has 0 bridgehead atoms. The van der Waals surface area contributed by atoms with Crippen molar-refractivity contribution in [1.82, 2.24) is 5.32 Å². The third-order valence-electron chi connectivity index (χ3n) is 8.75. The van der Waals surface area contributed by atoms with Gasteiger partial charge < -0.3 is 0 Å². The maximum atomic E-state index is 13.3. The Morgan fingerprint density at radius 3 is 1.92 bits per heavy atom. The molecule has 1 heterocycles. The van der Waals surface area contributed by atoms with Gasteiger partial charge in [-0.05, 0) is 74.2 Å². The second-order valence-electron chi connectivity index (χ2n) is 11.2. The van der Waals surface area contributed by atoms with E-state index in [1.807, 2.05) is 6.07 Å². The molecule has 3 heteroatoms. The first-order chi connectivity index (χ1) is 18.6. The molecule has 1 N–H and O–H groups in total. The molecule has 5 aromatic rings. The van der Waals surface area contributed by atoms with Crippen LogP contribution in [-0.2, 0) is 0 Å². The molecule has 0 radical (unpaired) electrons. The maximum Gasteiger partial charge on any atom is 0.258 e. The minimum Gasteiger partial charge on any atom is -0.288 e. The Labute approximate surface area is 224 Å². The molecule has 0 atom stereocenters. The van der Waals surface area contributed by atoms with Crippen molar-refractivity contribution in [3.8, 4) is 0 Å². The predicted molar refractivity (Wildman–Crippen MR) is 160 cm³/mol. The van der Waals surface area contributed by atoms with Crippen LogP contribution in [0.15, 0.2) is 54.6 Å². The SMILES string of the molecule is CCCCCCC(CCCCCC)c1cc2c3c(ccc4c5cccc6cccc(c1c34)c65)C(=O)NC2=O. The Hall–Kier alpha value is -3.46. The van der Waals surface area contributed by atoms with Gasteiger partial charge in [0.15, 0.2) is 0 Å². The highest BCUT2D eigenvalue weighted by Crippen LogP contribution is 2.47. The van der Waals surface area contributed by atoms with Crippen molar-refractivity contribution < 1.29 is 9.59 Å². The molecule has 0 saturated heterocycles. The van der Waals surface area contributed by atoms with Crippen molar-refractivity contribution in [3.63, 3.8) is 0 Å². The van der Waals surface area contributed by atoms with Gasteiger partial charge in [0.2, 0.25) is 0 Å². The van der Waals surface area contributed by atoms with Gasteiger partial charge in [0.1, 0.15) is 0 Å². The number of unbranched alkanes of at least 4 members (excludes halogenated alkanes) is 6. The summed E-state index contributed by atoms with van der Waals surface area (Å²) in [6.45, 7) is 4.52. The first-order valence-electron chi connectivity index (χ1n) is 14.7. The minimum absolute atomic E-state index is 0.264. The molecule has 0 unspecified atom stereocenters. The van der Waals surface area contributed by atoms with Gasteiger partial charge >= 0.3 is 0 Å². The molecule has 0 aromatic heterocycles. The van der Waals surface area contributed by atoms with Crippen LogP contribution < -0.4 is 5.32 Å². The zero-order valence-corrected chi connectivity index (χ0v) is 22.7. The molecule has 194 valence electrons. The molecule has 3 nitrogen and oxygen atoms in total. The quantitative estimate of drug-likeness (QED) is 0.0844. The van der Waals surface area contributed by atoms with Crippen molar-refractivity contribution in [1.29, 1.82) is 0 Å². The van der Waals surface area contributed by atoms with Gasteiger partial charge in [-0.1, -0.05) is 108 Å². The van der Waals surface area contributed by atoms with Crippen molar-refractivity contribution >= 4 is 54.9 Å². The van der Waals surface area contributed by atoms with Crippen molar-refractivity contribution in [2.24, 2.45) is 0 Å². The van der Waals surface area contributed by atoms with Crippen molar-refractivity contribution in [3.05, 3.63) is 71.3 Å². The summed E-state index contributed by atoms with van der Waals surface area (Å²) in [4.78, 5) is 26.2. The summed E-state index contributed by atoms with van der Waals surface area (Å²) in [5, 5.41) is 11.9. The number of rotatable bonds is 11. The summed E-state index contributed by atoms with van der Waals surface area (Å²) in [7, 11) is 0. The number of benzene rings is 5. The highest BCUT2D eigenvalue weighted by Gasteiger charge is 2.30. The lowest BCUT2D eigenvalue weighted by Gasteiger charge is -2.27. The Morgan fingerprint density at radius 2 is 1.24 bits per heavy atom. The zero-order valence-electron chi connectivity index (χ0n) is 22.7. The predicted octanol–water partition coefficient (Wildman–Crippen LogP) is 9.65. The normalized spacial score (nSPS) is 13.6. The van der Waals surface area contributed by atoms with Gasteiger partial charge in [0.05, 0.1) is 0 Å². The summed E-state index contributed by atoms with van der Waals surface area (Å²) in [6, 6.07) is 19.3. The number of carbonyl (C=O) groups is 2. The molecule has 6 rings (SSSR count). The number of fused-ring (bicyclic) bond motifs is 2. The highest BCUT2D eigenvalue weighted by atomic mass is 16.2. The van der Waals surface area contributed by atoms with Crippen LogP contribution in [0.3, 0.4) is 0 Å². The van der Waals surface area contributed by atoms with E-state index in [4.69, 9.17) is 0 Å². The van der Waals surface area contributed by atoms with E-state index in [-0.39, 0.29) is 11.8 Å². The fraction of sp³-hybridized carbons (Fsp3) is 0.371. The van der Waals surface area contributed by atoms with Gasteiger partial charge in [-0.15, -0.1) is 0 Å². The molecular weight excluding hydrogens is 466 g/mol. The van der Waals surface area contributed by atoms with E-state index in [0.717, 1.165) is 29.0 Å². The van der Waals surface area contributed by atoms with E-state index in [9.17, 15) is 9.59 Å². The molecule has 2 amide bonds. The Kier molecular flexibility index (Phi) is 6.78. The minimum atomic E-state index is -0.291. The number of nitrogens with one attached hydrogen (secondary N) is 1. The average Bonchev–Trinajstić information content (AvgIpc) is 2.93. The van der Waals surface area contributed by atoms with Crippen LogP contribution in [0.4, 0.5) is 0 Å². The first-order valence-corrected chi connectivity index (χ1v) is 14.7. The third-order valence-corrected chi connectivity index (χ3v) is 8.75. The molecule has 1 aliphatic heterocycles. The van der Waals surface area contributed by atoms with Gasteiger partial charge in [-0.25, -0.2) is 0 Å². The van der Waals surface area contributed by atoms with Crippen molar-refractivity contribution in [2.75, 3.05) is 0 Å². The average molecular weight is 504 g/mol. The lowest BCUT2D eigenvalue weighted by Crippen LogP contribution is -2.35. The van der Waals surface area contributed by atoms with Crippen LogP contribution in [-0.4, -0.2) is 11.8 Å². The van der Waals surface area contributed by atoms with Gasteiger partial charge in [-0.2, -0.15) is 0 Å².